The van der Waals surface area contributed by atoms with Gasteiger partial charge in [0.1, 0.15) is 0 Å². The van der Waals surface area contributed by atoms with Crippen LogP contribution in [0, 0.1) is 0 Å². The summed E-state index contributed by atoms with van der Waals surface area (Å²) in [5.41, 5.74) is 2.34. The number of imide groups is 1. The molecule has 0 bridgehead atoms. The van der Waals surface area contributed by atoms with Crippen LogP contribution < -0.4 is 15.1 Å². The summed E-state index contributed by atoms with van der Waals surface area (Å²) in [7, 11) is 2.09. The van der Waals surface area contributed by atoms with E-state index in [0.717, 1.165) is 36.8 Å². The van der Waals surface area contributed by atoms with Crippen LogP contribution in [0.3, 0.4) is 0 Å². The number of amides is 3. The number of likely N-dealkylation sites (N-methyl/N-ethyl adjacent to an activating group) is 1. The van der Waals surface area contributed by atoms with Crippen molar-refractivity contribution in [2.45, 2.75) is 12.8 Å². The number of nitrogens with one attached hydrogen (secondary N) is 1. The Kier molecular flexibility index (Phi) is 5.74. The summed E-state index contributed by atoms with van der Waals surface area (Å²) in [5.74, 6) is -0.817. The highest BCUT2D eigenvalue weighted by atomic mass is 35.5. The minimum absolute atomic E-state index is 0.201. The monoisotopic (exact) mass is 426 g/mol. The van der Waals surface area contributed by atoms with Gasteiger partial charge in [0.2, 0.25) is 11.8 Å². The first-order chi connectivity index (χ1) is 14.4. The molecule has 0 aliphatic carbocycles. The topological polar surface area (TPSA) is 73.0 Å². The van der Waals surface area contributed by atoms with Crippen molar-refractivity contribution in [1.29, 1.82) is 0 Å². The Labute approximate surface area is 180 Å². The summed E-state index contributed by atoms with van der Waals surface area (Å²) < 4.78 is 0. The number of hydrogen-bond donors (Lipinski definition) is 1. The van der Waals surface area contributed by atoms with Crippen LogP contribution >= 0.6 is 11.6 Å². The molecule has 8 heteroatoms. The first-order valence-electron chi connectivity index (χ1n) is 9.92. The standard InChI is InChI=1S/C22H23ClN4O3/c1-25-9-11-26(12-10-25)19-6-5-16(23)14-18(19)24-22(30)15-3-2-4-17(13-15)27-20(28)7-8-21(27)29/h2-6,13-14H,7-12H2,1H3,(H,24,30). The van der Waals surface area contributed by atoms with Gasteiger partial charge in [0.25, 0.3) is 5.91 Å². The summed E-state index contributed by atoms with van der Waals surface area (Å²) in [4.78, 5) is 42.6. The van der Waals surface area contributed by atoms with E-state index in [2.05, 4.69) is 22.2 Å². The van der Waals surface area contributed by atoms with Crippen molar-refractivity contribution >= 4 is 46.4 Å². The fourth-order valence-electron chi connectivity index (χ4n) is 3.78. The van der Waals surface area contributed by atoms with Crippen LogP contribution in [0.15, 0.2) is 42.5 Å². The van der Waals surface area contributed by atoms with Gasteiger partial charge in [-0.2, -0.15) is 0 Å². The Bertz CT molecular complexity index is 986. The predicted octanol–water partition coefficient (Wildman–Crippen LogP) is 3.00. The molecule has 4 rings (SSSR count). The molecule has 30 heavy (non-hydrogen) atoms. The Balaban J connectivity index is 1.57. The largest absolute Gasteiger partial charge is 0.367 e. The molecule has 156 valence electrons. The average Bonchev–Trinajstić information content (AvgIpc) is 3.07. The molecule has 0 aromatic heterocycles. The van der Waals surface area contributed by atoms with Gasteiger partial charge in [0, 0.05) is 49.6 Å². The smallest absolute Gasteiger partial charge is 0.255 e. The van der Waals surface area contributed by atoms with Crippen LogP contribution in [-0.2, 0) is 9.59 Å². The zero-order chi connectivity index (χ0) is 21.3. The number of carbonyl (C=O) groups excluding carboxylic acids is 3. The van der Waals surface area contributed by atoms with Gasteiger partial charge in [-0.15, -0.1) is 0 Å². The van der Waals surface area contributed by atoms with Crippen LogP contribution in [-0.4, -0.2) is 55.8 Å². The second-order valence-corrected chi connectivity index (χ2v) is 8.02. The Morgan fingerprint density at radius 3 is 2.37 bits per heavy atom. The van der Waals surface area contributed by atoms with Crippen molar-refractivity contribution in [2.75, 3.05) is 48.3 Å². The van der Waals surface area contributed by atoms with Crippen LogP contribution in [0.5, 0.6) is 0 Å². The highest BCUT2D eigenvalue weighted by molar-refractivity contribution is 6.31. The molecule has 1 N–H and O–H groups in total. The Morgan fingerprint density at radius 1 is 0.967 bits per heavy atom. The molecule has 0 spiro atoms. The number of halogens is 1. The Hall–Kier alpha value is -2.90. The molecule has 0 radical (unpaired) electrons. The Morgan fingerprint density at radius 2 is 1.67 bits per heavy atom. The summed E-state index contributed by atoms with van der Waals surface area (Å²) in [6, 6.07) is 12.0. The third-order valence-electron chi connectivity index (χ3n) is 5.47. The van der Waals surface area contributed by atoms with E-state index >= 15 is 0 Å². The lowest BCUT2D eigenvalue weighted by atomic mass is 10.1. The average molecular weight is 427 g/mol. The molecule has 2 aliphatic rings. The fourth-order valence-corrected chi connectivity index (χ4v) is 3.95. The fraction of sp³-hybridized carbons (Fsp3) is 0.318. The summed E-state index contributed by atoms with van der Waals surface area (Å²) >= 11 is 6.19. The van der Waals surface area contributed by atoms with Gasteiger partial charge < -0.3 is 15.1 Å². The van der Waals surface area contributed by atoms with Gasteiger partial charge >= 0.3 is 0 Å². The van der Waals surface area contributed by atoms with Crippen molar-refractivity contribution in [2.24, 2.45) is 0 Å². The zero-order valence-corrected chi connectivity index (χ0v) is 17.5. The van der Waals surface area contributed by atoms with Crippen molar-refractivity contribution in [3.63, 3.8) is 0 Å². The van der Waals surface area contributed by atoms with E-state index in [0.29, 0.717) is 22.0 Å². The van der Waals surface area contributed by atoms with Gasteiger partial charge in [-0.25, -0.2) is 0 Å². The molecule has 2 fully saturated rings. The molecule has 3 amide bonds. The molecule has 0 atom stereocenters. The van der Waals surface area contributed by atoms with Crippen LogP contribution in [0.1, 0.15) is 23.2 Å². The minimum atomic E-state index is -0.325. The summed E-state index contributed by atoms with van der Waals surface area (Å²) in [6.45, 7) is 3.59. The van der Waals surface area contributed by atoms with Crippen LogP contribution in [0.4, 0.5) is 17.1 Å². The zero-order valence-electron chi connectivity index (χ0n) is 16.7. The lowest BCUT2D eigenvalue weighted by molar-refractivity contribution is -0.121. The molecular formula is C22H23ClN4O3. The van der Waals surface area contributed by atoms with Crippen molar-refractivity contribution in [3.8, 4) is 0 Å². The van der Waals surface area contributed by atoms with Gasteiger partial charge in [0.05, 0.1) is 17.1 Å². The quantitative estimate of drug-likeness (QED) is 0.761. The number of benzene rings is 2. The molecule has 0 unspecified atom stereocenters. The normalized spacial score (nSPS) is 17.5. The lowest BCUT2D eigenvalue weighted by Gasteiger charge is -2.35. The van der Waals surface area contributed by atoms with Crippen molar-refractivity contribution in [1.82, 2.24) is 4.90 Å². The molecule has 2 aromatic carbocycles. The number of nitrogens with zero attached hydrogens (tertiary/aromatic N) is 3. The molecule has 0 saturated carbocycles. The maximum atomic E-state index is 13.0. The van der Waals surface area contributed by atoms with E-state index in [4.69, 9.17) is 11.6 Å². The SMILES string of the molecule is CN1CCN(c2ccc(Cl)cc2NC(=O)c2cccc(N3C(=O)CCC3=O)c2)CC1. The second-order valence-electron chi connectivity index (χ2n) is 7.58. The maximum Gasteiger partial charge on any atom is 0.255 e. The lowest BCUT2D eigenvalue weighted by Crippen LogP contribution is -2.44. The molecular weight excluding hydrogens is 404 g/mol. The van der Waals surface area contributed by atoms with Crippen LogP contribution in [0.25, 0.3) is 0 Å². The second kappa shape index (κ2) is 8.45. The predicted molar refractivity (Wildman–Crippen MR) is 117 cm³/mol. The van der Waals surface area contributed by atoms with E-state index in [1.807, 2.05) is 12.1 Å². The number of rotatable bonds is 4. The van der Waals surface area contributed by atoms with Gasteiger partial charge in [-0.05, 0) is 43.4 Å². The van der Waals surface area contributed by atoms with Gasteiger partial charge in [-0.1, -0.05) is 17.7 Å². The van der Waals surface area contributed by atoms with Crippen LogP contribution in [0.2, 0.25) is 5.02 Å². The van der Waals surface area contributed by atoms with Crippen molar-refractivity contribution in [3.05, 3.63) is 53.1 Å². The van der Waals surface area contributed by atoms with E-state index in [-0.39, 0.29) is 30.6 Å². The minimum Gasteiger partial charge on any atom is -0.367 e. The van der Waals surface area contributed by atoms with E-state index < -0.39 is 0 Å². The van der Waals surface area contributed by atoms with Gasteiger partial charge in [-0.3, -0.25) is 19.3 Å². The summed E-state index contributed by atoms with van der Waals surface area (Å²) in [6.07, 6.45) is 0.401. The molecule has 2 aromatic rings. The first kappa shape index (κ1) is 20.4. The summed E-state index contributed by atoms with van der Waals surface area (Å²) in [5, 5.41) is 3.48. The van der Waals surface area contributed by atoms with E-state index in [9.17, 15) is 14.4 Å². The molecule has 2 aliphatic heterocycles. The van der Waals surface area contributed by atoms with Crippen molar-refractivity contribution < 1.29 is 14.4 Å². The van der Waals surface area contributed by atoms with E-state index in [1.165, 1.54) is 0 Å². The highest BCUT2D eigenvalue weighted by Gasteiger charge is 2.30. The number of hydrogen-bond acceptors (Lipinski definition) is 5. The highest BCUT2D eigenvalue weighted by Crippen LogP contribution is 2.31. The molecule has 2 saturated heterocycles. The van der Waals surface area contributed by atoms with Gasteiger partial charge in [0.15, 0.2) is 0 Å². The third kappa shape index (κ3) is 4.17. The third-order valence-corrected chi connectivity index (χ3v) is 5.70. The number of piperazine rings is 1. The maximum absolute atomic E-state index is 13.0. The van der Waals surface area contributed by atoms with E-state index in [1.54, 1.807) is 30.3 Å². The first-order valence-corrected chi connectivity index (χ1v) is 10.3. The number of carbonyl (C=O) groups is 3. The number of anilines is 3. The molecule has 7 nitrogen and oxygen atoms in total. The molecule has 2 heterocycles.